The summed E-state index contributed by atoms with van der Waals surface area (Å²) in [5.41, 5.74) is 1.36. The van der Waals surface area contributed by atoms with Crippen LogP contribution in [-0.4, -0.2) is 42.6 Å². The van der Waals surface area contributed by atoms with Crippen molar-refractivity contribution in [3.05, 3.63) is 35.9 Å². The molecule has 1 atom stereocenters. The van der Waals surface area contributed by atoms with Crippen molar-refractivity contribution in [2.75, 3.05) is 19.7 Å². The van der Waals surface area contributed by atoms with Gasteiger partial charge >= 0.3 is 6.09 Å². The lowest BCUT2D eigenvalue weighted by Gasteiger charge is -2.33. The van der Waals surface area contributed by atoms with Gasteiger partial charge in [0.05, 0.1) is 0 Å². The van der Waals surface area contributed by atoms with Gasteiger partial charge in [-0.25, -0.2) is 4.79 Å². The largest absolute Gasteiger partial charge is 0.447 e. The van der Waals surface area contributed by atoms with E-state index in [4.69, 9.17) is 4.74 Å². The Kier molecular flexibility index (Phi) is 4.08. The van der Waals surface area contributed by atoms with Gasteiger partial charge in [0.2, 0.25) is 5.91 Å². The monoisotopic (exact) mass is 288 g/mol. The summed E-state index contributed by atoms with van der Waals surface area (Å²) in [5.74, 6) is 0.616. The number of piperidine rings is 1. The van der Waals surface area contributed by atoms with E-state index < -0.39 is 12.1 Å². The molecule has 0 saturated carbocycles. The molecular formula is C16H20N2O3. The first-order valence-corrected chi connectivity index (χ1v) is 7.48. The average Bonchev–Trinajstić information content (AvgIpc) is 2.95. The molecule has 0 radical (unpaired) electrons. The molecule has 2 fully saturated rings. The lowest BCUT2D eigenvalue weighted by molar-refractivity contribution is -0.134. The maximum absolute atomic E-state index is 12.2. The molecule has 1 unspecified atom stereocenters. The maximum atomic E-state index is 12.2. The maximum Gasteiger partial charge on any atom is 0.407 e. The van der Waals surface area contributed by atoms with Crippen molar-refractivity contribution in [3.8, 4) is 0 Å². The first kappa shape index (κ1) is 13.9. The Hall–Kier alpha value is -2.04. The molecule has 2 amide bonds. The Balaban J connectivity index is 1.49. The minimum atomic E-state index is -0.497. The minimum Gasteiger partial charge on any atom is -0.447 e. The van der Waals surface area contributed by atoms with E-state index in [9.17, 15) is 9.59 Å². The van der Waals surface area contributed by atoms with Crippen LogP contribution in [0.4, 0.5) is 4.79 Å². The van der Waals surface area contributed by atoms with E-state index in [0.717, 1.165) is 32.4 Å². The second-order valence-corrected chi connectivity index (χ2v) is 5.75. The summed E-state index contributed by atoms with van der Waals surface area (Å²) in [4.78, 5) is 25.1. The van der Waals surface area contributed by atoms with Crippen LogP contribution in [-0.2, 0) is 16.0 Å². The number of alkyl carbamates (subject to hydrolysis) is 1. The number of ether oxygens (including phenoxy) is 1. The van der Waals surface area contributed by atoms with Crippen LogP contribution < -0.4 is 5.32 Å². The molecular weight excluding hydrogens is 268 g/mol. The number of nitrogens with one attached hydrogen (secondary N) is 1. The van der Waals surface area contributed by atoms with Gasteiger partial charge in [0.1, 0.15) is 12.6 Å². The number of rotatable bonds is 3. The molecule has 0 aliphatic carbocycles. The topological polar surface area (TPSA) is 58.6 Å². The van der Waals surface area contributed by atoms with Gasteiger partial charge in [-0.1, -0.05) is 30.3 Å². The number of hydrogen-bond donors (Lipinski definition) is 1. The molecule has 2 saturated heterocycles. The van der Waals surface area contributed by atoms with Crippen LogP contribution >= 0.6 is 0 Å². The summed E-state index contributed by atoms with van der Waals surface area (Å²) in [6, 6.07) is 9.98. The van der Waals surface area contributed by atoms with E-state index >= 15 is 0 Å². The van der Waals surface area contributed by atoms with E-state index in [1.54, 1.807) is 0 Å². The number of amides is 2. The van der Waals surface area contributed by atoms with Gasteiger partial charge in [-0.05, 0) is 30.7 Å². The third kappa shape index (κ3) is 3.35. The zero-order chi connectivity index (χ0) is 14.7. The van der Waals surface area contributed by atoms with Crippen molar-refractivity contribution in [1.82, 2.24) is 10.2 Å². The molecule has 2 heterocycles. The molecule has 112 valence electrons. The number of hydrogen-bond acceptors (Lipinski definition) is 3. The second-order valence-electron chi connectivity index (χ2n) is 5.75. The van der Waals surface area contributed by atoms with Crippen LogP contribution in [0, 0.1) is 5.92 Å². The van der Waals surface area contributed by atoms with Crippen molar-refractivity contribution >= 4 is 12.0 Å². The van der Waals surface area contributed by atoms with Crippen LogP contribution in [0.15, 0.2) is 30.3 Å². The van der Waals surface area contributed by atoms with Gasteiger partial charge in [-0.3, -0.25) is 4.79 Å². The highest BCUT2D eigenvalue weighted by Gasteiger charge is 2.33. The minimum absolute atomic E-state index is 0.0148. The SMILES string of the molecule is O=C1NC(C(=O)N2CCC(Cc3ccccc3)CC2)CO1. The second kappa shape index (κ2) is 6.16. The quantitative estimate of drug-likeness (QED) is 0.918. The van der Waals surface area contributed by atoms with Crippen LogP contribution in [0.1, 0.15) is 18.4 Å². The number of carbonyl (C=O) groups excluding carboxylic acids is 2. The van der Waals surface area contributed by atoms with Crippen LogP contribution in [0.5, 0.6) is 0 Å². The van der Waals surface area contributed by atoms with E-state index in [1.165, 1.54) is 5.56 Å². The predicted molar refractivity (Wildman–Crippen MR) is 77.7 cm³/mol. The Bertz CT molecular complexity index is 510. The van der Waals surface area contributed by atoms with E-state index in [0.29, 0.717) is 5.92 Å². The van der Waals surface area contributed by atoms with Crippen molar-refractivity contribution in [2.45, 2.75) is 25.3 Å². The van der Waals surface area contributed by atoms with E-state index in [-0.39, 0.29) is 12.5 Å². The highest BCUT2D eigenvalue weighted by atomic mass is 16.6. The smallest absolute Gasteiger partial charge is 0.407 e. The standard InChI is InChI=1S/C16H20N2O3/c19-15(14-11-21-16(20)17-14)18-8-6-13(7-9-18)10-12-4-2-1-3-5-12/h1-5,13-14H,6-11H2,(H,17,20). The van der Waals surface area contributed by atoms with Gasteiger partial charge in [-0.15, -0.1) is 0 Å². The molecule has 0 bridgehead atoms. The number of nitrogens with zero attached hydrogens (tertiary/aromatic N) is 1. The van der Waals surface area contributed by atoms with Crippen LogP contribution in [0.2, 0.25) is 0 Å². The first-order chi connectivity index (χ1) is 10.2. The van der Waals surface area contributed by atoms with Crippen LogP contribution in [0.3, 0.4) is 0 Å². The molecule has 1 aromatic rings. The summed E-state index contributed by atoms with van der Waals surface area (Å²) in [5, 5.41) is 2.55. The van der Waals surface area contributed by atoms with Gasteiger partial charge < -0.3 is 15.0 Å². The lowest BCUT2D eigenvalue weighted by Crippen LogP contribution is -2.48. The summed E-state index contributed by atoms with van der Waals surface area (Å²) in [6.45, 7) is 1.69. The molecule has 0 spiro atoms. The molecule has 2 aliphatic heterocycles. The fraction of sp³-hybridized carbons (Fsp3) is 0.500. The molecule has 5 heteroatoms. The van der Waals surface area contributed by atoms with Gasteiger partial charge in [-0.2, -0.15) is 0 Å². The van der Waals surface area contributed by atoms with Gasteiger partial charge in [0.25, 0.3) is 0 Å². The zero-order valence-electron chi connectivity index (χ0n) is 12.0. The molecule has 0 aromatic heterocycles. The zero-order valence-corrected chi connectivity index (χ0v) is 12.0. The third-order valence-electron chi connectivity index (χ3n) is 4.26. The van der Waals surface area contributed by atoms with E-state index in [2.05, 4.69) is 29.6 Å². The highest BCUT2D eigenvalue weighted by Crippen LogP contribution is 2.22. The molecule has 3 rings (SSSR count). The summed E-state index contributed by atoms with van der Waals surface area (Å²) in [6.07, 6.45) is 2.61. The number of likely N-dealkylation sites (tertiary alicyclic amines) is 1. The van der Waals surface area contributed by atoms with Crippen molar-refractivity contribution in [1.29, 1.82) is 0 Å². The van der Waals surface area contributed by atoms with Crippen molar-refractivity contribution in [2.24, 2.45) is 5.92 Å². The normalized spacial score (nSPS) is 22.8. The molecule has 1 N–H and O–H groups in total. The van der Waals surface area contributed by atoms with Crippen molar-refractivity contribution in [3.63, 3.8) is 0 Å². The first-order valence-electron chi connectivity index (χ1n) is 7.48. The lowest BCUT2D eigenvalue weighted by atomic mass is 9.90. The Morgan fingerprint density at radius 2 is 1.95 bits per heavy atom. The molecule has 1 aromatic carbocycles. The number of cyclic esters (lactones) is 1. The van der Waals surface area contributed by atoms with Crippen LogP contribution in [0.25, 0.3) is 0 Å². The Morgan fingerprint density at radius 1 is 1.24 bits per heavy atom. The number of benzene rings is 1. The predicted octanol–water partition coefficient (Wildman–Crippen LogP) is 1.58. The van der Waals surface area contributed by atoms with E-state index in [1.807, 2.05) is 11.0 Å². The Morgan fingerprint density at radius 3 is 2.57 bits per heavy atom. The molecule has 5 nitrogen and oxygen atoms in total. The third-order valence-corrected chi connectivity index (χ3v) is 4.26. The fourth-order valence-corrected chi connectivity index (χ4v) is 3.04. The highest BCUT2D eigenvalue weighted by molar-refractivity contribution is 5.87. The number of carbonyl (C=O) groups is 2. The molecule has 21 heavy (non-hydrogen) atoms. The van der Waals surface area contributed by atoms with Gasteiger partial charge in [0.15, 0.2) is 0 Å². The summed E-state index contributed by atoms with van der Waals surface area (Å²) < 4.78 is 4.78. The average molecular weight is 288 g/mol. The fourth-order valence-electron chi connectivity index (χ4n) is 3.04. The summed E-state index contributed by atoms with van der Waals surface area (Å²) in [7, 11) is 0. The molecule has 2 aliphatic rings. The van der Waals surface area contributed by atoms with Crippen molar-refractivity contribution < 1.29 is 14.3 Å². The van der Waals surface area contributed by atoms with Gasteiger partial charge in [0, 0.05) is 13.1 Å². The summed E-state index contributed by atoms with van der Waals surface area (Å²) >= 11 is 0. The Labute approximate surface area is 124 Å².